The van der Waals surface area contributed by atoms with Gasteiger partial charge in [0.2, 0.25) is 5.91 Å². The van der Waals surface area contributed by atoms with Gasteiger partial charge >= 0.3 is 12.2 Å². The van der Waals surface area contributed by atoms with Crippen molar-refractivity contribution in [3.63, 3.8) is 0 Å². The number of nitrogens with zero attached hydrogens (tertiary/aromatic N) is 1. The Morgan fingerprint density at radius 2 is 1.86 bits per heavy atom. The van der Waals surface area contributed by atoms with E-state index >= 15 is 0 Å². The zero-order chi connectivity index (χ0) is 30.1. The van der Waals surface area contributed by atoms with Crippen LogP contribution in [0.3, 0.4) is 0 Å². The van der Waals surface area contributed by atoms with Crippen LogP contribution in [0.2, 0.25) is 0 Å². The molecular weight excluding hydrogens is 553 g/mol. The van der Waals surface area contributed by atoms with Gasteiger partial charge < -0.3 is 30.6 Å². The molecule has 1 aliphatic rings. The van der Waals surface area contributed by atoms with Crippen LogP contribution >= 0.6 is 0 Å². The van der Waals surface area contributed by atoms with Gasteiger partial charge in [0.05, 0.1) is 36.8 Å². The summed E-state index contributed by atoms with van der Waals surface area (Å²) in [6, 6.07) is 15.3. The summed E-state index contributed by atoms with van der Waals surface area (Å²) in [5.41, 5.74) is 7.13. The molecule has 0 aliphatic carbocycles. The molecule has 2 heterocycles. The highest BCUT2D eigenvalue weighted by atomic mass is 19.3. The number of carbonyl (C=O) groups is 2. The van der Waals surface area contributed by atoms with E-state index in [2.05, 4.69) is 20.4 Å². The lowest BCUT2D eigenvalue weighted by Crippen LogP contribution is -2.49. The summed E-state index contributed by atoms with van der Waals surface area (Å²) in [7, 11) is 0. The maximum absolute atomic E-state index is 14.8. The molecule has 0 bridgehead atoms. The molecule has 2 aromatic carbocycles. The normalized spacial score (nSPS) is 17.7. The molecule has 12 heteroatoms. The van der Waals surface area contributed by atoms with Crippen LogP contribution in [0.5, 0.6) is 5.75 Å². The number of rotatable bonds is 12. The number of morpholine rings is 1. The third kappa shape index (κ3) is 9.18. The lowest BCUT2D eigenvalue weighted by molar-refractivity contribution is -0.158. The number of nitrogens with one attached hydrogen (secondary N) is 2. The molecule has 42 heavy (non-hydrogen) atoms. The summed E-state index contributed by atoms with van der Waals surface area (Å²) in [5, 5.41) is 6.01. The quantitative estimate of drug-likeness (QED) is 0.280. The molecule has 1 aliphatic heterocycles. The Kier molecular flexibility index (Phi) is 10.4. The second kappa shape index (κ2) is 14.1. The van der Waals surface area contributed by atoms with Crippen molar-refractivity contribution >= 4 is 17.7 Å². The fourth-order valence-electron chi connectivity index (χ4n) is 4.75. The second-order valence-electron chi connectivity index (χ2n) is 10.1. The van der Waals surface area contributed by atoms with Crippen molar-refractivity contribution in [1.82, 2.24) is 10.3 Å². The average Bonchev–Trinajstić information content (AvgIpc) is 2.95. The Balaban J connectivity index is 1.41. The van der Waals surface area contributed by atoms with Gasteiger partial charge in [0.15, 0.2) is 0 Å². The van der Waals surface area contributed by atoms with Crippen molar-refractivity contribution in [3.8, 4) is 5.75 Å². The fourth-order valence-corrected chi connectivity index (χ4v) is 4.75. The van der Waals surface area contributed by atoms with E-state index in [0.717, 1.165) is 17.3 Å². The molecule has 4 rings (SSSR count). The number of aromatic nitrogens is 1. The lowest BCUT2D eigenvalue weighted by Gasteiger charge is -2.30. The first-order chi connectivity index (χ1) is 20.1. The molecule has 2 amide bonds. The van der Waals surface area contributed by atoms with Gasteiger partial charge in [0, 0.05) is 31.4 Å². The molecule has 1 saturated heterocycles. The number of halogens is 3. The van der Waals surface area contributed by atoms with E-state index in [1.807, 2.05) is 30.3 Å². The minimum atomic E-state index is -3.32. The molecule has 9 nitrogen and oxygen atoms in total. The lowest BCUT2D eigenvalue weighted by atomic mass is 9.88. The first-order valence-electron chi connectivity index (χ1n) is 13.5. The number of alkyl halides is 2. The van der Waals surface area contributed by atoms with Crippen LogP contribution in [0.1, 0.15) is 42.4 Å². The minimum absolute atomic E-state index is 0.00431. The first-order valence-corrected chi connectivity index (χ1v) is 13.5. The third-order valence-corrected chi connectivity index (χ3v) is 6.76. The van der Waals surface area contributed by atoms with E-state index in [0.29, 0.717) is 32.1 Å². The Morgan fingerprint density at radius 3 is 2.50 bits per heavy atom. The summed E-state index contributed by atoms with van der Waals surface area (Å²) < 4.78 is 56.6. The highest BCUT2D eigenvalue weighted by Gasteiger charge is 2.25. The molecular formula is C30H33F3N4O5. The summed E-state index contributed by atoms with van der Waals surface area (Å²) in [4.78, 5) is 28.0. The highest BCUT2D eigenvalue weighted by Crippen LogP contribution is 2.31. The Bertz CT molecular complexity index is 1330. The van der Waals surface area contributed by atoms with Crippen LogP contribution < -0.4 is 21.1 Å². The van der Waals surface area contributed by atoms with Crippen molar-refractivity contribution in [2.75, 3.05) is 25.1 Å². The van der Waals surface area contributed by atoms with E-state index in [4.69, 9.17) is 15.2 Å². The van der Waals surface area contributed by atoms with Gasteiger partial charge in [-0.05, 0) is 36.1 Å². The molecule has 0 spiro atoms. The molecule has 224 valence electrons. The van der Waals surface area contributed by atoms with Crippen molar-refractivity contribution in [3.05, 3.63) is 89.5 Å². The minimum Gasteiger partial charge on any atom is -0.448 e. The predicted molar refractivity (Wildman–Crippen MR) is 149 cm³/mol. The van der Waals surface area contributed by atoms with E-state index in [-0.39, 0.29) is 48.9 Å². The third-order valence-electron chi connectivity index (χ3n) is 6.76. The average molecular weight is 587 g/mol. The van der Waals surface area contributed by atoms with E-state index in [1.54, 1.807) is 12.1 Å². The molecule has 1 fully saturated rings. The zero-order valence-electron chi connectivity index (χ0n) is 23.0. The van der Waals surface area contributed by atoms with Gasteiger partial charge in [0.1, 0.15) is 18.2 Å². The van der Waals surface area contributed by atoms with Crippen molar-refractivity contribution in [2.24, 2.45) is 5.73 Å². The van der Waals surface area contributed by atoms with Gasteiger partial charge in [0.25, 0.3) is 0 Å². The number of nitrogens with two attached hydrogens (primary N) is 1. The summed E-state index contributed by atoms with van der Waals surface area (Å²) in [5.74, 6) is -1.32. The Hall–Kier alpha value is -4.16. The fraction of sp³-hybridized carbons (Fsp3) is 0.367. The number of primary amides is 1. The number of amides is 2. The molecule has 3 unspecified atom stereocenters. The van der Waals surface area contributed by atoms with Crippen molar-refractivity contribution < 1.29 is 37.0 Å². The van der Waals surface area contributed by atoms with Gasteiger partial charge in [-0.15, -0.1) is 0 Å². The topological polar surface area (TPSA) is 125 Å². The molecule has 3 atom stereocenters. The van der Waals surface area contributed by atoms with Crippen LogP contribution in [-0.2, 0) is 20.7 Å². The SMILES string of the molecule is CC(F)(F)Oc1ccc(C(CC(=O)Nc2cncc(F)c2CCC2CNC(COC(N)=O)CO2)c2ccccc2)cc1. The maximum atomic E-state index is 14.8. The molecule has 4 N–H and O–H groups in total. The summed E-state index contributed by atoms with van der Waals surface area (Å²) in [6.45, 7) is 1.52. The smallest absolute Gasteiger partial charge is 0.404 e. The Morgan fingerprint density at radius 1 is 1.14 bits per heavy atom. The highest BCUT2D eigenvalue weighted by molar-refractivity contribution is 5.92. The molecule has 3 aromatic rings. The van der Waals surface area contributed by atoms with Crippen molar-refractivity contribution in [2.45, 2.75) is 50.4 Å². The van der Waals surface area contributed by atoms with Gasteiger partial charge in [-0.1, -0.05) is 42.5 Å². The zero-order valence-corrected chi connectivity index (χ0v) is 23.0. The van der Waals surface area contributed by atoms with Crippen LogP contribution in [-0.4, -0.2) is 55.0 Å². The summed E-state index contributed by atoms with van der Waals surface area (Å²) >= 11 is 0. The summed E-state index contributed by atoms with van der Waals surface area (Å²) in [6.07, 6.45) is -1.13. The van der Waals surface area contributed by atoms with Gasteiger partial charge in [-0.3, -0.25) is 9.78 Å². The molecule has 1 aromatic heterocycles. The number of carbonyl (C=O) groups excluding carboxylic acids is 2. The van der Waals surface area contributed by atoms with E-state index in [1.165, 1.54) is 18.3 Å². The number of hydrogen-bond acceptors (Lipinski definition) is 7. The molecule has 0 radical (unpaired) electrons. The van der Waals surface area contributed by atoms with Crippen molar-refractivity contribution in [1.29, 1.82) is 0 Å². The number of pyridine rings is 1. The molecule has 0 saturated carbocycles. The van der Waals surface area contributed by atoms with Crippen LogP contribution in [0, 0.1) is 5.82 Å². The number of benzene rings is 2. The monoisotopic (exact) mass is 586 g/mol. The standard InChI is InChI=1S/C30H33F3N4O5/c1-30(32,33)42-22-9-7-20(8-10-22)25(19-5-3-2-4-6-19)13-28(38)37-27-16-35-15-26(31)24(27)12-11-23-14-36-21(17-40-23)18-41-29(34)39/h2-10,15-16,21,23,25,36H,11-14,17-18H2,1H3,(H2,34,39)(H,37,38). The largest absolute Gasteiger partial charge is 0.448 e. The predicted octanol–water partition coefficient (Wildman–Crippen LogP) is 4.76. The van der Waals surface area contributed by atoms with Crippen LogP contribution in [0.4, 0.5) is 23.7 Å². The van der Waals surface area contributed by atoms with Gasteiger partial charge in [-0.25, -0.2) is 9.18 Å². The number of anilines is 1. The number of hydrogen-bond donors (Lipinski definition) is 3. The van der Waals surface area contributed by atoms with E-state index in [9.17, 15) is 22.8 Å². The maximum Gasteiger partial charge on any atom is 0.404 e. The van der Waals surface area contributed by atoms with E-state index < -0.39 is 23.9 Å². The Labute approximate surface area is 241 Å². The second-order valence-corrected chi connectivity index (χ2v) is 10.1. The number of ether oxygens (including phenoxy) is 3. The van der Waals surface area contributed by atoms with Crippen LogP contribution in [0.15, 0.2) is 67.0 Å². The van der Waals surface area contributed by atoms with Gasteiger partial charge in [-0.2, -0.15) is 8.78 Å². The first kappa shape index (κ1) is 30.8. The van der Waals surface area contributed by atoms with Crippen LogP contribution in [0.25, 0.3) is 0 Å².